The van der Waals surface area contributed by atoms with Gasteiger partial charge < -0.3 is 9.30 Å². The number of thioether (sulfide) groups is 1. The zero-order chi connectivity index (χ0) is 17.8. The molecule has 0 bridgehead atoms. The van der Waals surface area contributed by atoms with Crippen LogP contribution in [0.15, 0.2) is 29.4 Å². The molecule has 3 rings (SSSR count). The summed E-state index contributed by atoms with van der Waals surface area (Å²) in [7, 11) is 1.63. The maximum atomic E-state index is 12.2. The first kappa shape index (κ1) is 17.5. The molecule has 1 fully saturated rings. The van der Waals surface area contributed by atoms with Crippen LogP contribution in [0.4, 0.5) is 0 Å². The number of likely N-dealkylation sites (tertiary alicyclic amines) is 1. The van der Waals surface area contributed by atoms with Crippen LogP contribution in [0.2, 0.25) is 0 Å². The van der Waals surface area contributed by atoms with Crippen molar-refractivity contribution in [2.24, 2.45) is 0 Å². The molecule has 0 aliphatic carbocycles. The molecule has 1 aromatic carbocycles. The van der Waals surface area contributed by atoms with E-state index >= 15 is 0 Å². The number of carbonyl (C=O) groups is 2. The summed E-state index contributed by atoms with van der Waals surface area (Å²) >= 11 is 1.31. The SMILES string of the molecule is CCn1c(SCC(=O)N2CCCC2=O)nnc1-c1ccc(OC)cc1. The summed E-state index contributed by atoms with van der Waals surface area (Å²) in [4.78, 5) is 25.2. The summed E-state index contributed by atoms with van der Waals surface area (Å²) in [6.07, 6.45) is 1.21. The number of methoxy groups -OCH3 is 1. The zero-order valence-electron chi connectivity index (χ0n) is 14.3. The molecule has 1 saturated heterocycles. The Morgan fingerprint density at radius 2 is 2.04 bits per heavy atom. The highest BCUT2D eigenvalue weighted by Gasteiger charge is 2.26. The van der Waals surface area contributed by atoms with Crippen molar-refractivity contribution in [3.63, 3.8) is 0 Å². The minimum atomic E-state index is -0.163. The number of benzene rings is 1. The van der Waals surface area contributed by atoms with Crippen molar-refractivity contribution in [3.8, 4) is 17.1 Å². The van der Waals surface area contributed by atoms with Crippen LogP contribution in [-0.4, -0.2) is 50.9 Å². The van der Waals surface area contributed by atoms with Gasteiger partial charge >= 0.3 is 0 Å². The fraction of sp³-hybridized carbons (Fsp3) is 0.412. The summed E-state index contributed by atoms with van der Waals surface area (Å²) in [5.74, 6) is 1.47. The van der Waals surface area contributed by atoms with E-state index in [1.54, 1.807) is 7.11 Å². The van der Waals surface area contributed by atoms with E-state index in [1.165, 1.54) is 16.7 Å². The van der Waals surface area contributed by atoms with E-state index in [9.17, 15) is 9.59 Å². The van der Waals surface area contributed by atoms with Crippen LogP contribution < -0.4 is 4.74 Å². The average Bonchev–Trinajstić information content (AvgIpc) is 3.25. The largest absolute Gasteiger partial charge is 0.497 e. The smallest absolute Gasteiger partial charge is 0.239 e. The average molecular weight is 360 g/mol. The minimum absolute atomic E-state index is 0.0820. The van der Waals surface area contributed by atoms with Crippen LogP contribution in [0.5, 0.6) is 5.75 Å². The Hall–Kier alpha value is -2.35. The number of hydrogen-bond acceptors (Lipinski definition) is 6. The maximum absolute atomic E-state index is 12.2. The Balaban J connectivity index is 1.73. The van der Waals surface area contributed by atoms with Crippen molar-refractivity contribution in [1.29, 1.82) is 0 Å². The van der Waals surface area contributed by atoms with E-state index in [1.807, 2.05) is 35.8 Å². The van der Waals surface area contributed by atoms with Crippen molar-refractivity contribution < 1.29 is 14.3 Å². The normalized spacial score (nSPS) is 14.2. The molecular weight excluding hydrogens is 340 g/mol. The van der Waals surface area contributed by atoms with E-state index in [2.05, 4.69) is 10.2 Å². The molecule has 8 heteroatoms. The number of amides is 2. The second-order valence-corrected chi connectivity index (χ2v) is 6.55. The van der Waals surface area contributed by atoms with Gasteiger partial charge in [-0.15, -0.1) is 10.2 Å². The second kappa shape index (κ2) is 7.69. The molecule has 1 aromatic heterocycles. The first-order valence-electron chi connectivity index (χ1n) is 8.17. The van der Waals surface area contributed by atoms with Gasteiger partial charge in [0.25, 0.3) is 0 Å². The topological polar surface area (TPSA) is 77.3 Å². The van der Waals surface area contributed by atoms with Gasteiger partial charge in [-0.2, -0.15) is 0 Å². The van der Waals surface area contributed by atoms with Gasteiger partial charge in [-0.25, -0.2) is 0 Å². The highest BCUT2D eigenvalue weighted by atomic mass is 32.2. The van der Waals surface area contributed by atoms with Gasteiger partial charge in [0.2, 0.25) is 11.8 Å². The zero-order valence-corrected chi connectivity index (χ0v) is 15.1. The van der Waals surface area contributed by atoms with Crippen molar-refractivity contribution in [2.75, 3.05) is 19.4 Å². The molecular formula is C17H20N4O3S. The lowest BCUT2D eigenvalue weighted by Gasteiger charge is -2.13. The number of rotatable bonds is 6. The monoisotopic (exact) mass is 360 g/mol. The molecule has 0 saturated carbocycles. The molecule has 1 aliphatic heterocycles. The Labute approximate surface area is 150 Å². The highest BCUT2D eigenvalue weighted by Crippen LogP contribution is 2.26. The van der Waals surface area contributed by atoms with Gasteiger partial charge in [0.15, 0.2) is 11.0 Å². The summed E-state index contributed by atoms with van der Waals surface area (Å²) < 4.78 is 7.14. The molecule has 0 unspecified atom stereocenters. The number of aromatic nitrogens is 3. The molecule has 25 heavy (non-hydrogen) atoms. The summed E-state index contributed by atoms with van der Waals surface area (Å²) in [6, 6.07) is 7.60. The third-order valence-electron chi connectivity index (χ3n) is 4.08. The number of imide groups is 1. The van der Waals surface area contributed by atoms with Gasteiger partial charge in [0.05, 0.1) is 12.9 Å². The molecule has 132 valence electrons. The van der Waals surface area contributed by atoms with Gasteiger partial charge in [-0.05, 0) is 37.6 Å². The quantitative estimate of drug-likeness (QED) is 0.735. The fourth-order valence-electron chi connectivity index (χ4n) is 2.75. The van der Waals surface area contributed by atoms with E-state index in [4.69, 9.17) is 4.74 Å². The number of ether oxygens (including phenoxy) is 1. The lowest BCUT2D eigenvalue weighted by Crippen LogP contribution is -2.33. The Bertz CT molecular complexity index is 773. The van der Waals surface area contributed by atoms with E-state index < -0.39 is 0 Å². The molecule has 2 heterocycles. The third-order valence-corrected chi connectivity index (χ3v) is 5.03. The van der Waals surface area contributed by atoms with Crippen LogP contribution in [-0.2, 0) is 16.1 Å². The van der Waals surface area contributed by atoms with Crippen LogP contribution in [0.1, 0.15) is 19.8 Å². The predicted octanol–water partition coefficient (Wildman–Crippen LogP) is 2.21. The standard InChI is InChI=1S/C17H20N4O3S/c1-3-20-16(12-6-8-13(24-2)9-7-12)18-19-17(20)25-11-15(23)21-10-4-5-14(21)22/h6-9H,3-5,10-11H2,1-2H3. The van der Waals surface area contributed by atoms with Crippen molar-refractivity contribution in [2.45, 2.75) is 31.5 Å². The molecule has 2 aromatic rings. The van der Waals surface area contributed by atoms with E-state index in [0.717, 1.165) is 23.6 Å². The van der Waals surface area contributed by atoms with Gasteiger partial charge in [0, 0.05) is 25.1 Å². The Morgan fingerprint density at radius 3 is 2.64 bits per heavy atom. The molecule has 0 radical (unpaired) electrons. The van der Waals surface area contributed by atoms with Crippen LogP contribution in [0, 0.1) is 0 Å². The molecule has 0 N–H and O–H groups in total. The van der Waals surface area contributed by atoms with Crippen molar-refractivity contribution in [3.05, 3.63) is 24.3 Å². The van der Waals surface area contributed by atoms with Crippen molar-refractivity contribution in [1.82, 2.24) is 19.7 Å². The number of nitrogens with zero attached hydrogens (tertiary/aromatic N) is 4. The first-order chi connectivity index (χ1) is 12.1. The fourth-order valence-corrected chi connectivity index (χ4v) is 3.63. The molecule has 1 aliphatic rings. The maximum Gasteiger partial charge on any atom is 0.239 e. The van der Waals surface area contributed by atoms with E-state index in [0.29, 0.717) is 24.7 Å². The van der Waals surface area contributed by atoms with Crippen LogP contribution in [0.3, 0.4) is 0 Å². The minimum Gasteiger partial charge on any atom is -0.497 e. The molecule has 0 atom stereocenters. The predicted molar refractivity (Wildman–Crippen MR) is 94.4 cm³/mol. The van der Waals surface area contributed by atoms with Crippen molar-refractivity contribution >= 4 is 23.6 Å². The molecule has 2 amide bonds. The highest BCUT2D eigenvalue weighted by molar-refractivity contribution is 7.99. The number of carbonyl (C=O) groups excluding carboxylic acids is 2. The lowest BCUT2D eigenvalue weighted by atomic mass is 10.2. The first-order valence-corrected chi connectivity index (χ1v) is 9.16. The molecule has 0 spiro atoms. The van der Waals surface area contributed by atoms with Crippen LogP contribution >= 0.6 is 11.8 Å². The Kier molecular flexibility index (Phi) is 5.37. The van der Waals surface area contributed by atoms with Crippen LogP contribution in [0.25, 0.3) is 11.4 Å². The van der Waals surface area contributed by atoms with Gasteiger partial charge in [-0.1, -0.05) is 11.8 Å². The van der Waals surface area contributed by atoms with E-state index in [-0.39, 0.29) is 17.6 Å². The third kappa shape index (κ3) is 3.68. The van der Waals surface area contributed by atoms with Gasteiger partial charge in [-0.3, -0.25) is 14.5 Å². The second-order valence-electron chi connectivity index (χ2n) is 5.61. The number of hydrogen-bond donors (Lipinski definition) is 0. The molecule has 7 nitrogen and oxygen atoms in total. The summed E-state index contributed by atoms with van der Waals surface area (Å²) in [5.41, 5.74) is 0.933. The lowest BCUT2D eigenvalue weighted by molar-refractivity contribution is -0.140. The summed E-state index contributed by atoms with van der Waals surface area (Å²) in [6.45, 7) is 3.22. The van der Waals surface area contributed by atoms with Gasteiger partial charge in [0.1, 0.15) is 5.75 Å². The summed E-state index contributed by atoms with van der Waals surface area (Å²) in [5, 5.41) is 9.15. The Morgan fingerprint density at radius 1 is 1.28 bits per heavy atom.